The van der Waals surface area contributed by atoms with Crippen molar-refractivity contribution >= 4 is 34.3 Å². The van der Waals surface area contributed by atoms with Gasteiger partial charge in [0.15, 0.2) is 0 Å². The first-order valence-corrected chi connectivity index (χ1v) is 9.76. The van der Waals surface area contributed by atoms with E-state index in [-0.39, 0.29) is 0 Å². The van der Waals surface area contributed by atoms with E-state index >= 15 is 0 Å². The van der Waals surface area contributed by atoms with Gasteiger partial charge in [0.25, 0.3) is 0 Å². The zero-order chi connectivity index (χ0) is 17.6. The average Bonchev–Trinajstić information content (AvgIpc) is 3.29. The summed E-state index contributed by atoms with van der Waals surface area (Å²) in [5.74, 6) is 1.29. The molecule has 0 radical (unpaired) electrons. The van der Waals surface area contributed by atoms with Gasteiger partial charge < -0.3 is 4.74 Å². The maximum Gasteiger partial charge on any atom is 0.134 e. The first-order chi connectivity index (χ1) is 12.2. The number of hydrogen-bond acceptors (Lipinski definition) is 5. The first kappa shape index (κ1) is 17.4. The Hall–Kier alpha value is -2.42. The van der Waals surface area contributed by atoms with E-state index < -0.39 is 0 Å². The molecule has 5 heteroatoms. The van der Waals surface area contributed by atoms with Crippen molar-refractivity contribution in [2.45, 2.75) is 13.8 Å². The lowest BCUT2D eigenvalue weighted by molar-refractivity contribution is 0.271. The zero-order valence-corrected chi connectivity index (χ0v) is 15.7. The van der Waals surface area contributed by atoms with Crippen LogP contribution in [-0.2, 0) is 0 Å². The first-order valence-electron chi connectivity index (χ1n) is 8.00. The van der Waals surface area contributed by atoms with Crippen molar-refractivity contribution in [3.8, 4) is 22.4 Å². The molecule has 3 rings (SSSR count). The molecule has 0 fully saturated rings. The monoisotopic (exact) mass is 366 g/mol. The highest BCUT2D eigenvalue weighted by Gasteiger charge is 2.10. The van der Waals surface area contributed by atoms with Crippen LogP contribution in [-0.4, -0.2) is 11.6 Å². The third kappa shape index (κ3) is 4.56. The number of thiazole rings is 1. The minimum atomic E-state index is 0.472. The molecule has 126 valence electrons. The van der Waals surface area contributed by atoms with Crippen LogP contribution in [0.1, 0.15) is 24.4 Å². The van der Waals surface area contributed by atoms with Crippen LogP contribution in [0.4, 0.5) is 0 Å². The smallest absolute Gasteiger partial charge is 0.134 e. The molecule has 0 spiro atoms. The van der Waals surface area contributed by atoms with Gasteiger partial charge in [-0.15, -0.1) is 22.7 Å². The number of hydrogen-bond donors (Lipinski definition) is 0. The molecule has 0 aliphatic rings. The standard InChI is InChI=1S/C20H18N2OS2/c1-14(2)12-23-17-6-3-5-15(10-17)9-16(11-21)20-22-18(13-25-20)19-7-4-8-24-19/h3-10,13-14H,12H2,1-2H3/b16-9-. The van der Waals surface area contributed by atoms with Gasteiger partial charge in [-0.25, -0.2) is 4.98 Å². The van der Waals surface area contributed by atoms with Gasteiger partial charge in [-0.05, 0) is 41.1 Å². The Morgan fingerprint density at radius 1 is 1.28 bits per heavy atom. The fraction of sp³-hybridized carbons (Fsp3) is 0.200. The van der Waals surface area contributed by atoms with Crippen molar-refractivity contribution in [1.82, 2.24) is 4.98 Å². The summed E-state index contributed by atoms with van der Waals surface area (Å²) in [6, 6.07) is 14.1. The topological polar surface area (TPSA) is 45.9 Å². The number of allylic oxidation sites excluding steroid dienone is 1. The molecular formula is C20H18N2OS2. The number of nitrogens with zero attached hydrogens (tertiary/aromatic N) is 2. The predicted octanol–water partition coefficient (Wildman–Crippen LogP) is 5.97. The van der Waals surface area contributed by atoms with Crippen molar-refractivity contribution < 1.29 is 4.74 Å². The van der Waals surface area contributed by atoms with Crippen molar-refractivity contribution in [2.75, 3.05) is 6.61 Å². The Balaban J connectivity index is 1.84. The minimum absolute atomic E-state index is 0.472. The summed E-state index contributed by atoms with van der Waals surface area (Å²) in [6.45, 7) is 4.91. The molecule has 2 heterocycles. The molecule has 0 saturated carbocycles. The molecule has 3 aromatic rings. The number of aromatic nitrogens is 1. The number of thiophene rings is 1. The van der Waals surface area contributed by atoms with Crippen LogP contribution in [0.25, 0.3) is 22.2 Å². The molecule has 0 atom stereocenters. The molecule has 0 unspecified atom stereocenters. The van der Waals surface area contributed by atoms with E-state index in [1.54, 1.807) is 11.3 Å². The zero-order valence-electron chi connectivity index (χ0n) is 14.1. The van der Waals surface area contributed by atoms with Crippen molar-refractivity contribution in [3.63, 3.8) is 0 Å². The molecule has 0 amide bonds. The van der Waals surface area contributed by atoms with E-state index in [9.17, 15) is 5.26 Å². The second kappa shape index (κ2) is 8.11. The summed E-state index contributed by atoms with van der Waals surface area (Å²) in [7, 11) is 0. The molecule has 2 aromatic heterocycles. The summed E-state index contributed by atoms with van der Waals surface area (Å²) in [6.07, 6.45) is 1.86. The van der Waals surface area contributed by atoms with Crippen molar-refractivity contribution in [1.29, 1.82) is 5.26 Å². The molecule has 0 N–H and O–H groups in total. The van der Waals surface area contributed by atoms with Crippen LogP contribution < -0.4 is 4.74 Å². The van der Waals surface area contributed by atoms with Gasteiger partial charge in [0, 0.05) is 5.38 Å². The summed E-state index contributed by atoms with van der Waals surface area (Å²) >= 11 is 3.14. The maximum absolute atomic E-state index is 9.55. The summed E-state index contributed by atoms with van der Waals surface area (Å²) in [4.78, 5) is 5.72. The van der Waals surface area contributed by atoms with Crippen LogP contribution in [0.5, 0.6) is 5.75 Å². The Morgan fingerprint density at radius 2 is 2.16 bits per heavy atom. The quantitative estimate of drug-likeness (QED) is 0.505. The van der Waals surface area contributed by atoms with Gasteiger partial charge in [0.1, 0.15) is 16.8 Å². The van der Waals surface area contributed by atoms with Crippen LogP contribution in [0.3, 0.4) is 0 Å². The van der Waals surface area contributed by atoms with Gasteiger partial charge in [-0.1, -0.05) is 32.0 Å². The highest BCUT2D eigenvalue weighted by molar-refractivity contribution is 7.14. The van der Waals surface area contributed by atoms with Gasteiger partial charge >= 0.3 is 0 Å². The van der Waals surface area contributed by atoms with Crippen LogP contribution in [0, 0.1) is 17.2 Å². The number of benzene rings is 1. The molecule has 1 aromatic carbocycles. The number of rotatable bonds is 6. The Bertz CT molecular complexity index is 902. The third-order valence-corrected chi connectivity index (χ3v) is 5.15. The highest BCUT2D eigenvalue weighted by atomic mass is 32.1. The van der Waals surface area contributed by atoms with Crippen LogP contribution >= 0.6 is 22.7 Å². The molecule has 0 aliphatic carbocycles. The molecule has 0 saturated heterocycles. The second-order valence-electron chi connectivity index (χ2n) is 5.96. The Kier molecular flexibility index (Phi) is 5.64. The lowest BCUT2D eigenvalue weighted by Crippen LogP contribution is -2.04. The maximum atomic E-state index is 9.55. The largest absolute Gasteiger partial charge is 0.493 e. The number of ether oxygens (including phenoxy) is 1. The van der Waals surface area contributed by atoms with Gasteiger partial charge in [-0.3, -0.25) is 0 Å². The second-order valence-corrected chi connectivity index (χ2v) is 7.77. The van der Waals surface area contributed by atoms with E-state index in [1.807, 2.05) is 53.2 Å². The highest BCUT2D eigenvalue weighted by Crippen LogP contribution is 2.30. The molecule has 0 aliphatic heterocycles. The van der Waals surface area contributed by atoms with Gasteiger partial charge in [0.05, 0.1) is 22.8 Å². The summed E-state index contributed by atoms with van der Waals surface area (Å²) in [5.41, 5.74) is 2.42. The molecular weight excluding hydrogens is 348 g/mol. The summed E-state index contributed by atoms with van der Waals surface area (Å²) in [5, 5.41) is 14.3. The van der Waals surface area contributed by atoms with Crippen molar-refractivity contribution in [2.24, 2.45) is 5.92 Å². The fourth-order valence-corrected chi connectivity index (χ4v) is 3.75. The predicted molar refractivity (Wildman–Crippen MR) is 106 cm³/mol. The average molecular weight is 367 g/mol. The van der Waals surface area contributed by atoms with E-state index in [0.29, 0.717) is 18.1 Å². The Labute approximate surface area is 155 Å². The van der Waals surface area contributed by atoms with E-state index in [4.69, 9.17) is 4.74 Å². The van der Waals surface area contributed by atoms with Crippen LogP contribution in [0.2, 0.25) is 0 Å². The van der Waals surface area contributed by atoms with E-state index in [0.717, 1.165) is 26.9 Å². The number of nitriles is 1. The lowest BCUT2D eigenvalue weighted by atomic mass is 10.1. The SMILES string of the molecule is CC(C)COc1cccc(/C=C(/C#N)c2nc(-c3cccs3)cs2)c1. The third-order valence-electron chi connectivity index (χ3n) is 3.38. The lowest BCUT2D eigenvalue weighted by Gasteiger charge is -2.09. The molecule has 0 bridgehead atoms. The minimum Gasteiger partial charge on any atom is -0.493 e. The van der Waals surface area contributed by atoms with Gasteiger partial charge in [-0.2, -0.15) is 5.26 Å². The van der Waals surface area contributed by atoms with Crippen LogP contribution in [0.15, 0.2) is 47.2 Å². The summed E-state index contributed by atoms with van der Waals surface area (Å²) < 4.78 is 5.76. The van der Waals surface area contributed by atoms with E-state index in [2.05, 4.69) is 24.9 Å². The normalized spacial score (nSPS) is 11.5. The Morgan fingerprint density at radius 3 is 2.88 bits per heavy atom. The molecule has 25 heavy (non-hydrogen) atoms. The fourth-order valence-electron chi connectivity index (χ4n) is 2.20. The van der Waals surface area contributed by atoms with Crippen molar-refractivity contribution in [3.05, 3.63) is 57.7 Å². The van der Waals surface area contributed by atoms with E-state index in [1.165, 1.54) is 11.3 Å². The molecule has 3 nitrogen and oxygen atoms in total. The van der Waals surface area contributed by atoms with Gasteiger partial charge in [0.2, 0.25) is 0 Å².